The van der Waals surface area contributed by atoms with Crippen LogP contribution in [0.1, 0.15) is 0 Å². The summed E-state index contributed by atoms with van der Waals surface area (Å²) in [6, 6.07) is 9.13. The lowest BCUT2D eigenvalue weighted by Gasteiger charge is -2.00. The summed E-state index contributed by atoms with van der Waals surface area (Å²) in [5, 5.41) is 8.65. The summed E-state index contributed by atoms with van der Waals surface area (Å²) in [5.41, 5.74) is 1.57. The van der Waals surface area contributed by atoms with Gasteiger partial charge in [-0.1, -0.05) is 16.8 Å². The molecule has 0 unspecified atom stereocenters. The third kappa shape index (κ3) is 1.94. The monoisotopic (exact) mass is 245 g/mol. The Balaban J connectivity index is 2.01. The van der Waals surface area contributed by atoms with Crippen LogP contribution in [0, 0.1) is 0 Å². The van der Waals surface area contributed by atoms with Gasteiger partial charge in [-0.15, -0.1) is 0 Å². The molecule has 0 radical (unpaired) electrons. The van der Waals surface area contributed by atoms with E-state index < -0.39 is 0 Å². The second-order valence-electron chi connectivity index (χ2n) is 3.53. The van der Waals surface area contributed by atoms with Gasteiger partial charge in [0.25, 0.3) is 0 Å². The van der Waals surface area contributed by atoms with Crippen molar-refractivity contribution in [3.63, 3.8) is 0 Å². The normalized spacial score (nSPS) is 10.6. The number of fused-ring (bicyclic) bond motifs is 1. The Morgan fingerprint density at radius 1 is 1.12 bits per heavy atom. The first-order valence-electron chi connectivity index (χ1n) is 5.05. The largest absolute Gasteiger partial charge is 0.354 e. The number of anilines is 2. The lowest BCUT2D eigenvalue weighted by atomic mass is 10.2. The molecule has 0 saturated carbocycles. The zero-order valence-electron chi connectivity index (χ0n) is 8.72. The van der Waals surface area contributed by atoms with Gasteiger partial charge in [-0.25, -0.2) is 0 Å². The van der Waals surface area contributed by atoms with E-state index in [9.17, 15) is 0 Å². The van der Waals surface area contributed by atoms with Crippen molar-refractivity contribution in [2.24, 2.45) is 0 Å². The summed E-state index contributed by atoms with van der Waals surface area (Å²) < 4.78 is 5.19. The zero-order chi connectivity index (χ0) is 11.7. The number of halogens is 1. The summed E-state index contributed by atoms with van der Waals surface area (Å²) in [4.78, 5) is 3.95. The summed E-state index contributed by atoms with van der Waals surface area (Å²) in [6.45, 7) is 0. The second kappa shape index (κ2) is 4.07. The Labute approximate surface area is 102 Å². The first-order valence-corrected chi connectivity index (χ1v) is 5.43. The lowest BCUT2D eigenvalue weighted by Crippen LogP contribution is -1.90. The van der Waals surface area contributed by atoms with Gasteiger partial charge in [-0.05, 0) is 24.3 Å². The van der Waals surface area contributed by atoms with E-state index in [2.05, 4.69) is 15.5 Å². The number of pyridine rings is 1. The molecule has 2 aromatic heterocycles. The van der Waals surface area contributed by atoms with Crippen molar-refractivity contribution in [1.29, 1.82) is 0 Å². The van der Waals surface area contributed by atoms with E-state index in [0.29, 0.717) is 16.4 Å². The summed E-state index contributed by atoms with van der Waals surface area (Å²) >= 11 is 5.87. The highest BCUT2D eigenvalue weighted by atomic mass is 35.5. The van der Waals surface area contributed by atoms with E-state index in [-0.39, 0.29) is 0 Å². The van der Waals surface area contributed by atoms with E-state index in [1.54, 1.807) is 24.5 Å². The van der Waals surface area contributed by atoms with E-state index in [1.807, 2.05) is 18.2 Å². The van der Waals surface area contributed by atoms with Crippen molar-refractivity contribution in [3.05, 3.63) is 47.7 Å². The van der Waals surface area contributed by atoms with Crippen LogP contribution in [-0.4, -0.2) is 10.1 Å². The average molecular weight is 246 g/mol. The first kappa shape index (κ1) is 10.1. The standard InChI is InChI=1S/C12H8ClN3O/c13-8-1-2-10-11(7-8)17-16-12(10)15-9-3-5-14-6-4-9/h1-7H,(H,14,15,16). The van der Waals surface area contributed by atoms with E-state index in [4.69, 9.17) is 16.1 Å². The van der Waals surface area contributed by atoms with Gasteiger partial charge < -0.3 is 9.84 Å². The Kier molecular flexibility index (Phi) is 2.42. The number of hydrogen-bond donors (Lipinski definition) is 1. The molecule has 3 rings (SSSR count). The highest BCUT2D eigenvalue weighted by molar-refractivity contribution is 6.31. The molecule has 1 N–H and O–H groups in total. The molecule has 0 amide bonds. The zero-order valence-corrected chi connectivity index (χ0v) is 9.48. The van der Waals surface area contributed by atoms with Crippen LogP contribution in [0.4, 0.5) is 11.5 Å². The fraction of sp³-hybridized carbons (Fsp3) is 0. The molecule has 0 fully saturated rings. The molecular weight excluding hydrogens is 238 g/mol. The molecule has 0 saturated heterocycles. The third-order valence-corrected chi connectivity index (χ3v) is 2.61. The summed E-state index contributed by atoms with van der Waals surface area (Å²) in [5.74, 6) is 0.669. The van der Waals surface area contributed by atoms with Crippen molar-refractivity contribution in [1.82, 2.24) is 10.1 Å². The van der Waals surface area contributed by atoms with Gasteiger partial charge in [0.1, 0.15) is 0 Å². The van der Waals surface area contributed by atoms with Gasteiger partial charge in [-0.2, -0.15) is 0 Å². The second-order valence-corrected chi connectivity index (χ2v) is 3.97. The molecule has 5 heteroatoms. The van der Waals surface area contributed by atoms with Crippen LogP contribution >= 0.6 is 11.6 Å². The minimum Gasteiger partial charge on any atom is -0.354 e. The van der Waals surface area contributed by atoms with Gasteiger partial charge >= 0.3 is 0 Å². The molecule has 0 bridgehead atoms. The van der Waals surface area contributed by atoms with Crippen molar-refractivity contribution in [2.45, 2.75) is 0 Å². The highest BCUT2D eigenvalue weighted by Gasteiger charge is 2.08. The van der Waals surface area contributed by atoms with Crippen molar-refractivity contribution < 1.29 is 4.52 Å². The maximum absolute atomic E-state index is 5.87. The van der Waals surface area contributed by atoms with Crippen LogP contribution < -0.4 is 5.32 Å². The van der Waals surface area contributed by atoms with Gasteiger partial charge in [0, 0.05) is 29.2 Å². The topological polar surface area (TPSA) is 51.0 Å². The SMILES string of the molecule is Clc1ccc2c(Nc3ccncc3)noc2c1. The molecule has 0 aliphatic heterocycles. The number of benzene rings is 1. The van der Waals surface area contributed by atoms with E-state index >= 15 is 0 Å². The van der Waals surface area contributed by atoms with Crippen LogP contribution in [0.2, 0.25) is 5.02 Å². The maximum Gasteiger partial charge on any atom is 0.181 e. The molecule has 84 valence electrons. The Bertz CT molecular complexity index is 651. The molecule has 2 heterocycles. The van der Waals surface area contributed by atoms with Crippen LogP contribution in [0.3, 0.4) is 0 Å². The van der Waals surface area contributed by atoms with Crippen LogP contribution in [-0.2, 0) is 0 Å². The van der Waals surface area contributed by atoms with Gasteiger partial charge in [0.2, 0.25) is 0 Å². The average Bonchev–Trinajstić information content (AvgIpc) is 2.73. The number of rotatable bonds is 2. The van der Waals surface area contributed by atoms with Gasteiger partial charge in [0.05, 0.1) is 5.39 Å². The molecule has 3 aromatic rings. The predicted molar refractivity (Wildman–Crippen MR) is 66.5 cm³/mol. The summed E-state index contributed by atoms with van der Waals surface area (Å²) in [6.07, 6.45) is 3.42. The summed E-state index contributed by atoms with van der Waals surface area (Å²) in [7, 11) is 0. The third-order valence-electron chi connectivity index (χ3n) is 2.38. The quantitative estimate of drug-likeness (QED) is 0.749. The minimum absolute atomic E-state index is 0.629. The lowest BCUT2D eigenvalue weighted by molar-refractivity contribution is 0.460. The Morgan fingerprint density at radius 2 is 1.94 bits per heavy atom. The fourth-order valence-corrected chi connectivity index (χ4v) is 1.74. The molecule has 0 atom stereocenters. The van der Waals surface area contributed by atoms with Crippen LogP contribution in [0.25, 0.3) is 11.0 Å². The molecule has 0 aliphatic carbocycles. The van der Waals surface area contributed by atoms with Crippen molar-refractivity contribution in [2.75, 3.05) is 5.32 Å². The number of hydrogen-bond acceptors (Lipinski definition) is 4. The maximum atomic E-state index is 5.87. The number of aromatic nitrogens is 2. The fourth-order valence-electron chi connectivity index (χ4n) is 1.57. The number of nitrogens with zero attached hydrogens (tertiary/aromatic N) is 2. The van der Waals surface area contributed by atoms with Crippen molar-refractivity contribution in [3.8, 4) is 0 Å². The minimum atomic E-state index is 0.629. The molecule has 0 aliphatic rings. The van der Waals surface area contributed by atoms with E-state index in [1.165, 1.54) is 0 Å². The Hall–Kier alpha value is -2.07. The highest BCUT2D eigenvalue weighted by Crippen LogP contribution is 2.27. The van der Waals surface area contributed by atoms with Gasteiger partial charge in [-0.3, -0.25) is 4.98 Å². The van der Waals surface area contributed by atoms with Gasteiger partial charge in [0.15, 0.2) is 11.4 Å². The predicted octanol–water partition coefficient (Wildman–Crippen LogP) is 3.62. The first-order chi connectivity index (χ1) is 8.33. The van der Waals surface area contributed by atoms with Crippen LogP contribution in [0.5, 0.6) is 0 Å². The number of nitrogens with one attached hydrogen (secondary N) is 1. The molecule has 4 nitrogen and oxygen atoms in total. The molecular formula is C12H8ClN3O. The molecule has 17 heavy (non-hydrogen) atoms. The molecule has 1 aromatic carbocycles. The smallest absolute Gasteiger partial charge is 0.181 e. The van der Waals surface area contributed by atoms with E-state index in [0.717, 1.165) is 11.1 Å². The van der Waals surface area contributed by atoms with Crippen LogP contribution in [0.15, 0.2) is 47.2 Å². The van der Waals surface area contributed by atoms with Crippen molar-refractivity contribution >= 4 is 34.1 Å². The Morgan fingerprint density at radius 3 is 2.76 bits per heavy atom. The molecule has 0 spiro atoms.